The number of benzene rings is 1. The van der Waals surface area contributed by atoms with Crippen molar-refractivity contribution in [3.8, 4) is 0 Å². The first kappa shape index (κ1) is 10.3. The second-order valence-electron chi connectivity index (χ2n) is 5.30. The summed E-state index contributed by atoms with van der Waals surface area (Å²) in [6.45, 7) is 2.35. The van der Waals surface area contributed by atoms with Gasteiger partial charge in [-0.2, -0.15) is 0 Å². The molecule has 1 atom stereocenters. The Morgan fingerprint density at radius 2 is 1.88 bits per heavy atom. The number of hydrogen-bond acceptors (Lipinski definition) is 1. The molecule has 1 nitrogen and oxygen atoms in total. The summed E-state index contributed by atoms with van der Waals surface area (Å²) in [4.78, 5) is 0. The molecule has 0 spiro atoms. The van der Waals surface area contributed by atoms with E-state index in [1.54, 1.807) is 11.1 Å². The van der Waals surface area contributed by atoms with E-state index in [9.17, 15) is 0 Å². The average molecular weight is 215 g/mol. The van der Waals surface area contributed by atoms with Gasteiger partial charge >= 0.3 is 0 Å². The first-order valence-corrected chi connectivity index (χ1v) is 6.73. The molecular formula is C15H21N. The summed E-state index contributed by atoms with van der Waals surface area (Å²) in [5.41, 5.74) is 3.23. The highest BCUT2D eigenvalue weighted by Gasteiger charge is 2.28. The van der Waals surface area contributed by atoms with Crippen LogP contribution in [0.3, 0.4) is 0 Å². The summed E-state index contributed by atoms with van der Waals surface area (Å²) in [5.74, 6) is 1.72. The molecule has 0 radical (unpaired) electrons. The van der Waals surface area contributed by atoms with Crippen molar-refractivity contribution in [2.24, 2.45) is 5.92 Å². The Morgan fingerprint density at radius 1 is 1.06 bits per heavy atom. The number of rotatable bonds is 1. The van der Waals surface area contributed by atoms with Crippen LogP contribution in [0, 0.1) is 5.92 Å². The van der Waals surface area contributed by atoms with Gasteiger partial charge in [-0.1, -0.05) is 37.1 Å². The highest BCUT2D eigenvalue weighted by molar-refractivity contribution is 5.32. The van der Waals surface area contributed by atoms with Gasteiger partial charge in [0.2, 0.25) is 0 Å². The standard InChI is InChI=1S/C15H21N/c1-2-6-12(5-1)15-11-16-10-9-13-7-3-4-8-14(13)15/h3-4,7-8,12,15-16H,1-2,5-6,9-11H2. The lowest BCUT2D eigenvalue weighted by atomic mass is 9.83. The lowest BCUT2D eigenvalue weighted by Crippen LogP contribution is -2.24. The van der Waals surface area contributed by atoms with E-state index in [-0.39, 0.29) is 0 Å². The molecule has 1 saturated carbocycles. The van der Waals surface area contributed by atoms with Crippen molar-refractivity contribution in [3.05, 3.63) is 35.4 Å². The summed E-state index contributed by atoms with van der Waals surface area (Å²) in [6, 6.07) is 9.09. The molecule has 1 aliphatic heterocycles. The highest BCUT2D eigenvalue weighted by atomic mass is 14.9. The minimum absolute atomic E-state index is 0.779. The molecule has 3 rings (SSSR count). The maximum atomic E-state index is 3.62. The maximum absolute atomic E-state index is 3.62. The van der Waals surface area contributed by atoms with Crippen LogP contribution in [-0.2, 0) is 6.42 Å². The molecule has 0 amide bonds. The zero-order valence-corrected chi connectivity index (χ0v) is 9.91. The second-order valence-corrected chi connectivity index (χ2v) is 5.30. The molecule has 86 valence electrons. The lowest BCUT2D eigenvalue weighted by molar-refractivity contribution is 0.420. The van der Waals surface area contributed by atoms with Gasteiger partial charge in [-0.15, -0.1) is 0 Å². The maximum Gasteiger partial charge on any atom is 0.00230 e. The predicted octanol–water partition coefficient (Wildman–Crippen LogP) is 3.11. The van der Waals surface area contributed by atoms with Crippen LogP contribution >= 0.6 is 0 Å². The van der Waals surface area contributed by atoms with Crippen molar-refractivity contribution in [1.82, 2.24) is 5.32 Å². The van der Waals surface area contributed by atoms with Crippen molar-refractivity contribution < 1.29 is 0 Å². The van der Waals surface area contributed by atoms with Gasteiger partial charge in [0.1, 0.15) is 0 Å². The normalized spacial score (nSPS) is 26.4. The van der Waals surface area contributed by atoms with Gasteiger partial charge in [-0.05, 0) is 48.8 Å². The van der Waals surface area contributed by atoms with Crippen molar-refractivity contribution in [3.63, 3.8) is 0 Å². The second kappa shape index (κ2) is 4.58. The van der Waals surface area contributed by atoms with Crippen LogP contribution < -0.4 is 5.32 Å². The Labute approximate surface area is 98.3 Å². The third-order valence-corrected chi connectivity index (χ3v) is 4.36. The molecule has 1 aromatic carbocycles. The van der Waals surface area contributed by atoms with Crippen molar-refractivity contribution in [2.75, 3.05) is 13.1 Å². The fourth-order valence-corrected chi connectivity index (χ4v) is 3.49. The quantitative estimate of drug-likeness (QED) is 0.759. The molecule has 1 heterocycles. The largest absolute Gasteiger partial charge is 0.316 e. The van der Waals surface area contributed by atoms with E-state index in [0.717, 1.165) is 18.4 Å². The minimum Gasteiger partial charge on any atom is -0.316 e. The van der Waals surface area contributed by atoms with Gasteiger partial charge in [-0.25, -0.2) is 0 Å². The third kappa shape index (κ3) is 1.89. The lowest BCUT2D eigenvalue weighted by Gasteiger charge is -2.24. The van der Waals surface area contributed by atoms with Crippen LogP contribution in [0.4, 0.5) is 0 Å². The molecule has 1 heteroatoms. The molecule has 1 aromatic rings. The summed E-state index contributed by atoms with van der Waals surface area (Å²) >= 11 is 0. The van der Waals surface area contributed by atoms with E-state index in [1.807, 2.05) is 0 Å². The number of fused-ring (bicyclic) bond motifs is 1. The Balaban J connectivity index is 1.92. The van der Waals surface area contributed by atoms with E-state index in [0.29, 0.717) is 0 Å². The zero-order valence-electron chi connectivity index (χ0n) is 9.91. The minimum atomic E-state index is 0.779. The average Bonchev–Trinajstić information content (AvgIpc) is 2.76. The van der Waals surface area contributed by atoms with Crippen molar-refractivity contribution in [2.45, 2.75) is 38.0 Å². The Morgan fingerprint density at radius 3 is 2.75 bits per heavy atom. The van der Waals surface area contributed by atoms with Crippen LogP contribution in [0.1, 0.15) is 42.7 Å². The van der Waals surface area contributed by atoms with Gasteiger partial charge < -0.3 is 5.32 Å². The predicted molar refractivity (Wildman–Crippen MR) is 67.7 cm³/mol. The van der Waals surface area contributed by atoms with Gasteiger partial charge in [0.05, 0.1) is 0 Å². The molecule has 1 aliphatic carbocycles. The van der Waals surface area contributed by atoms with Crippen LogP contribution in [0.5, 0.6) is 0 Å². The molecule has 0 aromatic heterocycles. The molecular weight excluding hydrogens is 194 g/mol. The molecule has 1 N–H and O–H groups in total. The van der Waals surface area contributed by atoms with E-state index in [2.05, 4.69) is 29.6 Å². The van der Waals surface area contributed by atoms with Gasteiger partial charge in [0.25, 0.3) is 0 Å². The number of nitrogens with one attached hydrogen (secondary N) is 1. The number of hydrogen-bond donors (Lipinski definition) is 1. The van der Waals surface area contributed by atoms with Gasteiger partial charge in [0, 0.05) is 6.54 Å². The third-order valence-electron chi connectivity index (χ3n) is 4.36. The monoisotopic (exact) mass is 215 g/mol. The van der Waals surface area contributed by atoms with Gasteiger partial charge in [0.15, 0.2) is 0 Å². The summed E-state index contributed by atoms with van der Waals surface area (Å²) in [7, 11) is 0. The van der Waals surface area contributed by atoms with Crippen LogP contribution in [-0.4, -0.2) is 13.1 Å². The highest BCUT2D eigenvalue weighted by Crippen LogP contribution is 2.38. The topological polar surface area (TPSA) is 12.0 Å². The molecule has 2 aliphatic rings. The van der Waals surface area contributed by atoms with E-state index >= 15 is 0 Å². The summed E-state index contributed by atoms with van der Waals surface area (Å²) < 4.78 is 0. The molecule has 1 unspecified atom stereocenters. The molecule has 0 saturated heterocycles. The smallest absolute Gasteiger partial charge is 0.00230 e. The van der Waals surface area contributed by atoms with Crippen molar-refractivity contribution >= 4 is 0 Å². The van der Waals surface area contributed by atoms with E-state index < -0.39 is 0 Å². The first-order chi connectivity index (χ1) is 7.95. The Bertz CT molecular complexity index is 352. The molecule has 16 heavy (non-hydrogen) atoms. The van der Waals surface area contributed by atoms with Crippen LogP contribution in [0.25, 0.3) is 0 Å². The summed E-state index contributed by atoms with van der Waals surface area (Å²) in [5, 5.41) is 3.62. The van der Waals surface area contributed by atoms with Gasteiger partial charge in [-0.3, -0.25) is 0 Å². The van der Waals surface area contributed by atoms with E-state index in [1.165, 1.54) is 38.6 Å². The van der Waals surface area contributed by atoms with Crippen LogP contribution in [0.15, 0.2) is 24.3 Å². The van der Waals surface area contributed by atoms with Crippen molar-refractivity contribution in [1.29, 1.82) is 0 Å². The molecule has 1 fully saturated rings. The molecule has 0 bridgehead atoms. The fourth-order valence-electron chi connectivity index (χ4n) is 3.49. The fraction of sp³-hybridized carbons (Fsp3) is 0.600. The van der Waals surface area contributed by atoms with Crippen LogP contribution in [0.2, 0.25) is 0 Å². The SMILES string of the molecule is c1ccc2c(c1)CCNCC2C1CCCC1. The zero-order chi connectivity index (χ0) is 10.8. The first-order valence-electron chi connectivity index (χ1n) is 6.73. The van der Waals surface area contributed by atoms with E-state index in [4.69, 9.17) is 0 Å². The Kier molecular flexibility index (Phi) is 2.96. The Hall–Kier alpha value is -0.820. The summed E-state index contributed by atoms with van der Waals surface area (Å²) in [6.07, 6.45) is 6.99.